The van der Waals surface area contributed by atoms with Gasteiger partial charge in [0, 0.05) is 12.8 Å². The largest absolute Gasteiger partial charge is 0.493 e. The zero-order chi connectivity index (χ0) is 26.2. The van der Waals surface area contributed by atoms with Crippen LogP contribution in [0.25, 0.3) is 0 Å². The molecule has 0 fully saturated rings. The van der Waals surface area contributed by atoms with E-state index in [1.807, 2.05) is 57.2 Å². The van der Waals surface area contributed by atoms with Gasteiger partial charge in [0.2, 0.25) is 0 Å². The molecule has 35 heavy (non-hydrogen) atoms. The summed E-state index contributed by atoms with van der Waals surface area (Å²) in [6.45, 7) is 15.5. The Morgan fingerprint density at radius 2 is 1.86 bits per heavy atom. The number of ether oxygens (including phenoxy) is 2. The molecular weight excluding hydrogens is 440 g/mol. The highest BCUT2D eigenvalue weighted by Gasteiger charge is 2.13. The van der Waals surface area contributed by atoms with Gasteiger partial charge < -0.3 is 14.6 Å². The second-order valence-electron chi connectivity index (χ2n) is 8.41. The van der Waals surface area contributed by atoms with Crippen molar-refractivity contribution >= 4 is 11.8 Å². The highest BCUT2D eigenvalue weighted by atomic mass is 16.5. The van der Waals surface area contributed by atoms with Gasteiger partial charge in [0.1, 0.15) is 11.5 Å². The number of ketones is 1. The third kappa shape index (κ3) is 11.1. The van der Waals surface area contributed by atoms with Gasteiger partial charge in [-0.3, -0.25) is 9.59 Å². The van der Waals surface area contributed by atoms with Gasteiger partial charge in [0.25, 0.3) is 0 Å². The Labute approximate surface area is 210 Å². The molecule has 0 saturated carbocycles. The topological polar surface area (TPSA) is 72.8 Å². The standard InChI is InChI=1S/C27H34O5.C3H6/c1-5-8-25(28)24-18-21(6-2)10-14-26(24)31-16-7-9-20(4)32-23-13-11-22(19(3)17-23)12-15-27(29)30;1-3-2/h5,10-11,13-14,17-18,20H,1,6-9,12,15-16H2,2-4H3,(H,29,30);3H,1H2,2H3. The summed E-state index contributed by atoms with van der Waals surface area (Å²) in [5.41, 5.74) is 3.78. The molecule has 190 valence electrons. The molecule has 0 saturated heterocycles. The first-order valence-corrected chi connectivity index (χ1v) is 12.2. The Hall–Kier alpha value is -3.34. The molecule has 5 heteroatoms. The zero-order valence-electron chi connectivity index (χ0n) is 21.6. The number of Topliss-reactive ketones (excluding diaryl/α,β-unsaturated/α-hetero) is 1. The number of aryl methyl sites for hydroxylation is 3. The Morgan fingerprint density at radius 1 is 1.14 bits per heavy atom. The molecule has 0 bridgehead atoms. The highest BCUT2D eigenvalue weighted by molar-refractivity contribution is 5.99. The number of benzene rings is 2. The van der Waals surface area contributed by atoms with Crippen LogP contribution in [-0.4, -0.2) is 29.6 Å². The molecule has 2 aromatic rings. The van der Waals surface area contributed by atoms with Gasteiger partial charge in [-0.2, -0.15) is 0 Å². The number of hydrogen-bond acceptors (Lipinski definition) is 4. The summed E-state index contributed by atoms with van der Waals surface area (Å²) < 4.78 is 11.9. The van der Waals surface area contributed by atoms with Crippen LogP contribution >= 0.6 is 0 Å². The van der Waals surface area contributed by atoms with Crippen LogP contribution in [0.15, 0.2) is 61.7 Å². The van der Waals surface area contributed by atoms with Crippen LogP contribution in [0.3, 0.4) is 0 Å². The number of allylic oxidation sites excluding steroid dienone is 2. The molecule has 1 N–H and O–H groups in total. The average molecular weight is 481 g/mol. The molecule has 0 aromatic heterocycles. The number of hydrogen-bond donors (Lipinski definition) is 1. The Balaban J connectivity index is 0.00000194. The van der Waals surface area contributed by atoms with E-state index in [1.54, 1.807) is 12.2 Å². The maximum absolute atomic E-state index is 12.4. The predicted octanol–water partition coefficient (Wildman–Crippen LogP) is 7.15. The van der Waals surface area contributed by atoms with Crippen LogP contribution in [0.1, 0.15) is 73.5 Å². The van der Waals surface area contributed by atoms with E-state index in [1.165, 1.54) is 0 Å². The smallest absolute Gasteiger partial charge is 0.303 e. The van der Waals surface area contributed by atoms with Crippen LogP contribution in [0.4, 0.5) is 0 Å². The van der Waals surface area contributed by atoms with E-state index in [9.17, 15) is 9.59 Å². The van der Waals surface area contributed by atoms with E-state index < -0.39 is 5.97 Å². The monoisotopic (exact) mass is 480 g/mol. The first-order chi connectivity index (χ1) is 16.7. The summed E-state index contributed by atoms with van der Waals surface area (Å²) in [7, 11) is 0. The van der Waals surface area contributed by atoms with Crippen LogP contribution in [0.2, 0.25) is 0 Å². The SMILES string of the molecule is C=CC.C=CCC(=O)c1cc(CC)ccc1OCCCC(C)Oc1ccc(CCC(=O)O)c(C)c1. The van der Waals surface area contributed by atoms with Crippen LogP contribution in [-0.2, 0) is 17.6 Å². The number of carbonyl (C=O) groups is 2. The molecule has 0 aliphatic rings. The predicted molar refractivity (Wildman–Crippen MR) is 143 cm³/mol. The lowest BCUT2D eigenvalue weighted by Crippen LogP contribution is -2.14. The maximum Gasteiger partial charge on any atom is 0.303 e. The van der Waals surface area contributed by atoms with E-state index in [4.69, 9.17) is 14.6 Å². The first kappa shape index (κ1) is 29.7. The van der Waals surface area contributed by atoms with Crippen LogP contribution in [0, 0.1) is 6.92 Å². The fourth-order valence-corrected chi connectivity index (χ4v) is 3.49. The molecule has 0 aliphatic carbocycles. The fraction of sp³-hybridized carbons (Fsp3) is 0.400. The Kier molecular flexibility index (Phi) is 13.8. The molecule has 0 spiro atoms. The summed E-state index contributed by atoms with van der Waals surface area (Å²) in [4.78, 5) is 23.2. The van der Waals surface area contributed by atoms with Gasteiger partial charge in [-0.15, -0.1) is 13.2 Å². The number of rotatable bonds is 14. The molecule has 5 nitrogen and oxygen atoms in total. The van der Waals surface area contributed by atoms with Gasteiger partial charge in [0.05, 0.1) is 18.3 Å². The molecule has 2 rings (SSSR count). The minimum atomic E-state index is -0.793. The van der Waals surface area contributed by atoms with Gasteiger partial charge in [-0.05, 0) is 87.4 Å². The minimum Gasteiger partial charge on any atom is -0.493 e. The molecule has 0 aliphatic heterocycles. The molecular formula is C30H40O5. The molecule has 1 unspecified atom stereocenters. The van der Waals surface area contributed by atoms with Gasteiger partial charge in [-0.1, -0.05) is 31.2 Å². The van der Waals surface area contributed by atoms with Gasteiger partial charge in [0.15, 0.2) is 5.78 Å². The number of carboxylic acids is 1. The number of carboxylic acid groups (broad SMARTS) is 1. The lowest BCUT2D eigenvalue weighted by atomic mass is 10.0. The third-order valence-corrected chi connectivity index (χ3v) is 5.35. The molecule has 1 atom stereocenters. The quantitative estimate of drug-likeness (QED) is 0.176. The van der Waals surface area contributed by atoms with Crippen LogP contribution < -0.4 is 9.47 Å². The minimum absolute atomic E-state index is 0.00667. The summed E-state index contributed by atoms with van der Waals surface area (Å²) in [6, 6.07) is 11.6. The van der Waals surface area contributed by atoms with Gasteiger partial charge in [-0.25, -0.2) is 0 Å². The van der Waals surface area contributed by atoms with Crippen molar-refractivity contribution in [2.24, 2.45) is 0 Å². The second kappa shape index (κ2) is 16.3. The van der Waals surface area contributed by atoms with Crippen molar-refractivity contribution in [1.82, 2.24) is 0 Å². The number of carbonyl (C=O) groups excluding carboxylic acids is 1. The van der Waals surface area contributed by atoms with E-state index in [0.717, 1.165) is 41.7 Å². The molecule has 0 amide bonds. The highest BCUT2D eigenvalue weighted by Crippen LogP contribution is 2.24. The van der Waals surface area contributed by atoms with E-state index in [-0.39, 0.29) is 18.3 Å². The lowest BCUT2D eigenvalue weighted by molar-refractivity contribution is -0.136. The van der Waals surface area contributed by atoms with Crippen molar-refractivity contribution in [1.29, 1.82) is 0 Å². The van der Waals surface area contributed by atoms with Crippen molar-refractivity contribution in [2.75, 3.05) is 6.61 Å². The van der Waals surface area contributed by atoms with Crippen molar-refractivity contribution in [2.45, 2.75) is 72.3 Å². The number of aliphatic carboxylic acids is 1. The maximum atomic E-state index is 12.4. The van der Waals surface area contributed by atoms with Gasteiger partial charge >= 0.3 is 5.97 Å². The summed E-state index contributed by atoms with van der Waals surface area (Å²) >= 11 is 0. The zero-order valence-corrected chi connectivity index (χ0v) is 21.6. The van der Waals surface area contributed by atoms with E-state index >= 15 is 0 Å². The normalized spacial score (nSPS) is 11.0. The summed E-state index contributed by atoms with van der Waals surface area (Å²) in [5.74, 6) is 0.626. The second-order valence-corrected chi connectivity index (χ2v) is 8.41. The molecule has 0 heterocycles. The first-order valence-electron chi connectivity index (χ1n) is 12.2. The molecule has 0 radical (unpaired) electrons. The average Bonchev–Trinajstić information content (AvgIpc) is 2.82. The van der Waals surface area contributed by atoms with Crippen molar-refractivity contribution in [3.05, 3.63) is 84.0 Å². The molecule has 2 aromatic carbocycles. The Morgan fingerprint density at radius 3 is 2.46 bits per heavy atom. The van der Waals surface area contributed by atoms with Crippen LogP contribution in [0.5, 0.6) is 11.5 Å². The summed E-state index contributed by atoms with van der Waals surface area (Å²) in [5, 5.41) is 8.85. The third-order valence-electron chi connectivity index (χ3n) is 5.35. The lowest BCUT2D eigenvalue weighted by Gasteiger charge is -2.17. The van der Waals surface area contributed by atoms with E-state index in [2.05, 4.69) is 20.1 Å². The fourth-order valence-electron chi connectivity index (χ4n) is 3.49. The van der Waals surface area contributed by atoms with E-state index in [0.29, 0.717) is 30.8 Å². The summed E-state index contributed by atoms with van der Waals surface area (Å²) in [6.07, 6.45) is 6.78. The van der Waals surface area contributed by atoms with Crippen molar-refractivity contribution in [3.63, 3.8) is 0 Å². The Bertz CT molecular complexity index is 977. The van der Waals surface area contributed by atoms with Crippen molar-refractivity contribution in [3.8, 4) is 11.5 Å². The van der Waals surface area contributed by atoms with Crippen molar-refractivity contribution < 1.29 is 24.2 Å².